The number of aliphatic hydroxyl groups excluding tert-OH is 1. The summed E-state index contributed by atoms with van der Waals surface area (Å²) in [5, 5.41) is 13.2. The number of nitrogens with zero attached hydrogens (tertiary/aromatic N) is 1. The molecule has 0 aliphatic heterocycles. The van der Waals surface area contributed by atoms with Gasteiger partial charge in [-0.1, -0.05) is 18.2 Å². The summed E-state index contributed by atoms with van der Waals surface area (Å²) in [4.78, 5) is 17.3. The van der Waals surface area contributed by atoms with E-state index in [-0.39, 0.29) is 17.8 Å². The number of amides is 1. The largest absolute Gasteiger partial charge is 0.462 e. The van der Waals surface area contributed by atoms with Gasteiger partial charge in [0, 0.05) is 17.0 Å². The van der Waals surface area contributed by atoms with Gasteiger partial charge in [0.1, 0.15) is 11.5 Å². The van der Waals surface area contributed by atoms with Gasteiger partial charge >= 0.3 is 0 Å². The lowest BCUT2D eigenvalue weighted by atomic mass is 10.1. The number of halogens is 1. The maximum absolute atomic E-state index is 13.6. The predicted octanol–water partition coefficient (Wildman–Crippen LogP) is 3.31. The first kappa shape index (κ1) is 16.4. The first-order chi connectivity index (χ1) is 11.6. The van der Waals surface area contributed by atoms with Gasteiger partial charge in [0.2, 0.25) is 0 Å². The van der Waals surface area contributed by atoms with Crippen molar-refractivity contribution in [3.05, 3.63) is 64.6 Å². The van der Waals surface area contributed by atoms with Crippen molar-refractivity contribution in [3.63, 3.8) is 0 Å². The molecule has 0 aliphatic carbocycles. The molecule has 1 aromatic carbocycles. The highest BCUT2D eigenvalue weighted by Gasteiger charge is 2.19. The molecule has 0 radical (unpaired) electrons. The summed E-state index contributed by atoms with van der Waals surface area (Å²) in [5.74, 6) is -0.338. The van der Waals surface area contributed by atoms with Gasteiger partial charge in [0.15, 0.2) is 10.8 Å². The fourth-order valence-corrected chi connectivity index (χ4v) is 3.12. The van der Waals surface area contributed by atoms with Gasteiger partial charge in [-0.15, -0.1) is 11.3 Å². The van der Waals surface area contributed by atoms with Gasteiger partial charge in [0.05, 0.1) is 12.4 Å². The van der Waals surface area contributed by atoms with Crippen LogP contribution < -0.4 is 5.32 Å². The number of aryl methyl sites for hydroxylation is 1. The monoisotopic (exact) mass is 346 g/mol. The smallest absolute Gasteiger partial charge is 0.271 e. The summed E-state index contributed by atoms with van der Waals surface area (Å²) < 4.78 is 18.9. The van der Waals surface area contributed by atoms with E-state index >= 15 is 0 Å². The molecule has 2 heterocycles. The van der Waals surface area contributed by atoms with Crippen LogP contribution in [0.3, 0.4) is 0 Å². The number of carbonyl (C=O) groups excluding carboxylic acids is 1. The van der Waals surface area contributed by atoms with Crippen LogP contribution in [0.1, 0.15) is 27.0 Å². The van der Waals surface area contributed by atoms with Crippen molar-refractivity contribution in [2.45, 2.75) is 13.0 Å². The summed E-state index contributed by atoms with van der Waals surface area (Å²) in [7, 11) is 0. The minimum Gasteiger partial charge on any atom is -0.462 e. The van der Waals surface area contributed by atoms with Crippen LogP contribution >= 0.6 is 11.3 Å². The van der Waals surface area contributed by atoms with Gasteiger partial charge in [-0.05, 0) is 25.1 Å². The molecule has 0 bridgehead atoms. The minimum atomic E-state index is -1.13. The third kappa shape index (κ3) is 3.37. The van der Waals surface area contributed by atoms with Crippen LogP contribution in [-0.2, 0) is 0 Å². The van der Waals surface area contributed by atoms with Gasteiger partial charge in [0.25, 0.3) is 5.91 Å². The van der Waals surface area contributed by atoms with Crippen molar-refractivity contribution < 1.29 is 18.7 Å². The maximum atomic E-state index is 13.6. The molecule has 0 saturated carbocycles. The number of hydrogen-bond acceptors (Lipinski definition) is 5. The molecule has 1 atom stereocenters. The molecule has 3 rings (SSSR count). The molecule has 0 saturated heterocycles. The highest BCUT2D eigenvalue weighted by molar-refractivity contribution is 7.15. The van der Waals surface area contributed by atoms with Crippen molar-refractivity contribution >= 4 is 17.2 Å². The van der Waals surface area contributed by atoms with Crippen LogP contribution in [-0.4, -0.2) is 22.5 Å². The van der Waals surface area contributed by atoms with Gasteiger partial charge in [-0.2, -0.15) is 0 Å². The summed E-state index contributed by atoms with van der Waals surface area (Å²) in [6.07, 6.45) is 0.412. The van der Waals surface area contributed by atoms with Crippen molar-refractivity contribution in [1.29, 1.82) is 0 Å². The first-order valence-electron chi connectivity index (χ1n) is 7.28. The highest BCUT2D eigenvalue weighted by atomic mass is 32.1. The molecular formula is C17H15FN2O3S. The third-order valence-electron chi connectivity index (χ3n) is 3.46. The van der Waals surface area contributed by atoms with E-state index in [4.69, 9.17) is 4.42 Å². The third-order valence-corrected chi connectivity index (χ3v) is 4.45. The van der Waals surface area contributed by atoms with Crippen molar-refractivity contribution in [2.75, 3.05) is 6.54 Å². The Morgan fingerprint density at radius 3 is 2.88 bits per heavy atom. The fraction of sp³-hybridized carbons (Fsp3) is 0.176. The van der Waals surface area contributed by atoms with E-state index in [0.717, 1.165) is 4.88 Å². The number of thiazole rings is 1. The normalized spacial score (nSPS) is 12.1. The molecular weight excluding hydrogens is 331 g/mol. The van der Waals surface area contributed by atoms with Crippen molar-refractivity contribution in [2.24, 2.45) is 0 Å². The minimum absolute atomic E-state index is 0.104. The molecule has 0 fully saturated rings. The topological polar surface area (TPSA) is 75.4 Å². The number of rotatable bonds is 5. The van der Waals surface area contributed by atoms with E-state index in [2.05, 4.69) is 10.3 Å². The number of nitrogens with one attached hydrogen (secondary N) is 1. The summed E-state index contributed by atoms with van der Waals surface area (Å²) in [5.41, 5.74) is 0.413. The first-order valence-corrected chi connectivity index (χ1v) is 8.10. The average molecular weight is 346 g/mol. The molecule has 1 amide bonds. The van der Waals surface area contributed by atoms with Gasteiger partial charge in [-0.3, -0.25) is 4.79 Å². The van der Waals surface area contributed by atoms with Gasteiger partial charge in [-0.25, -0.2) is 9.37 Å². The Hall–Kier alpha value is -2.51. The SMILES string of the molecule is Cc1sc(-c2ccco2)nc1C(=O)NCC(O)c1ccccc1F. The molecule has 2 N–H and O–H groups in total. The highest BCUT2D eigenvalue weighted by Crippen LogP contribution is 2.28. The van der Waals surface area contributed by atoms with E-state index in [1.807, 2.05) is 0 Å². The Bertz CT molecular complexity index is 845. The van der Waals surface area contributed by atoms with Gasteiger partial charge < -0.3 is 14.8 Å². The summed E-state index contributed by atoms with van der Waals surface area (Å²) >= 11 is 1.35. The Balaban J connectivity index is 1.68. The average Bonchev–Trinajstić information content (AvgIpc) is 3.22. The molecule has 0 spiro atoms. The number of hydrogen-bond donors (Lipinski definition) is 2. The Morgan fingerprint density at radius 2 is 2.17 bits per heavy atom. The van der Waals surface area contributed by atoms with E-state index < -0.39 is 17.8 Å². The van der Waals surface area contributed by atoms with Crippen LogP contribution in [0.4, 0.5) is 4.39 Å². The summed E-state index contributed by atoms with van der Waals surface area (Å²) in [6.45, 7) is 1.68. The molecule has 1 unspecified atom stereocenters. The standard InChI is InChI=1S/C17H15FN2O3S/c1-10-15(20-17(24-10)14-7-4-8-23-14)16(22)19-9-13(21)11-5-2-3-6-12(11)18/h2-8,13,21H,9H2,1H3,(H,19,22). The molecule has 2 aromatic heterocycles. The molecule has 124 valence electrons. The lowest BCUT2D eigenvalue weighted by Crippen LogP contribution is -2.29. The number of aliphatic hydroxyl groups is 1. The number of aromatic nitrogens is 1. The second kappa shape index (κ2) is 6.94. The lowest BCUT2D eigenvalue weighted by Gasteiger charge is -2.12. The molecule has 7 heteroatoms. The zero-order chi connectivity index (χ0) is 17.1. The van der Waals surface area contributed by atoms with Crippen LogP contribution in [0, 0.1) is 12.7 Å². The van der Waals surface area contributed by atoms with Crippen molar-refractivity contribution in [1.82, 2.24) is 10.3 Å². The number of benzene rings is 1. The Morgan fingerprint density at radius 1 is 1.38 bits per heavy atom. The molecule has 5 nitrogen and oxygen atoms in total. The zero-order valence-electron chi connectivity index (χ0n) is 12.8. The van der Waals surface area contributed by atoms with Crippen LogP contribution in [0.25, 0.3) is 10.8 Å². The van der Waals surface area contributed by atoms with Crippen LogP contribution in [0.15, 0.2) is 47.1 Å². The van der Waals surface area contributed by atoms with E-state index in [1.165, 1.54) is 29.7 Å². The second-order valence-electron chi connectivity index (χ2n) is 5.15. The molecule has 0 aliphatic rings. The molecule has 3 aromatic rings. The fourth-order valence-electron chi connectivity index (χ4n) is 2.24. The van der Waals surface area contributed by atoms with E-state index in [9.17, 15) is 14.3 Å². The zero-order valence-corrected chi connectivity index (χ0v) is 13.6. The molecule has 24 heavy (non-hydrogen) atoms. The Labute approximate surface area is 141 Å². The number of carbonyl (C=O) groups is 1. The van der Waals surface area contributed by atoms with Crippen LogP contribution in [0.2, 0.25) is 0 Å². The Kier molecular flexibility index (Phi) is 4.73. The summed E-state index contributed by atoms with van der Waals surface area (Å²) in [6, 6.07) is 9.43. The van der Waals surface area contributed by atoms with E-state index in [1.54, 1.807) is 31.2 Å². The number of furan rings is 1. The second-order valence-corrected chi connectivity index (χ2v) is 6.35. The quantitative estimate of drug-likeness (QED) is 0.743. The maximum Gasteiger partial charge on any atom is 0.271 e. The lowest BCUT2D eigenvalue weighted by molar-refractivity contribution is 0.0909. The predicted molar refractivity (Wildman–Crippen MR) is 88.2 cm³/mol. The van der Waals surface area contributed by atoms with E-state index in [0.29, 0.717) is 10.8 Å². The van der Waals surface area contributed by atoms with Crippen molar-refractivity contribution in [3.8, 4) is 10.8 Å². The van der Waals surface area contributed by atoms with Crippen LogP contribution in [0.5, 0.6) is 0 Å².